The van der Waals surface area contributed by atoms with Crippen molar-refractivity contribution in [1.82, 2.24) is 80.9 Å². The summed E-state index contributed by atoms with van der Waals surface area (Å²) in [7, 11) is 0. The van der Waals surface area contributed by atoms with Crippen LogP contribution in [0, 0.1) is 0 Å². The molecule has 3 amide bonds. The molecule has 2 saturated carbocycles. The Morgan fingerprint density at radius 1 is 0.641 bits per heavy atom. The number of nitrogen functional groups attached to an aromatic ring is 1. The summed E-state index contributed by atoms with van der Waals surface area (Å²) in [5, 5.41) is 41.9. The Bertz CT molecular complexity index is 4510. The minimum Gasteiger partial charge on any atom is -0.444 e. The number of H-pyrrole nitrogens is 3. The Labute approximate surface area is 546 Å². The van der Waals surface area contributed by atoms with Crippen molar-refractivity contribution in [3.63, 3.8) is 0 Å². The van der Waals surface area contributed by atoms with Gasteiger partial charge in [0.15, 0.2) is 29.1 Å². The molecule has 0 spiro atoms. The van der Waals surface area contributed by atoms with Crippen molar-refractivity contribution >= 4 is 124 Å². The first-order valence-electron chi connectivity index (χ1n) is 29.8. The largest absolute Gasteiger partial charge is 0.444 e. The lowest BCUT2D eigenvalue weighted by atomic mass is 10.0. The highest BCUT2D eigenvalue weighted by Crippen LogP contribution is 2.46. The minimum atomic E-state index is -0.507. The number of thiophene rings is 3. The number of benzene rings is 2. The number of aromatic nitrogens is 12. The molecule has 4 atom stereocenters. The van der Waals surface area contributed by atoms with Crippen molar-refractivity contribution in [3.05, 3.63) is 164 Å². The van der Waals surface area contributed by atoms with Gasteiger partial charge in [0, 0.05) is 41.1 Å². The molecule has 28 heteroatoms. The van der Waals surface area contributed by atoms with Gasteiger partial charge in [0.05, 0.1) is 83.5 Å². The highest BCUT2D eigenvalue weighted by Gasteiger charge is 2.48. The number of isocyanates is 1. The second-order valence-corrected chi connectivity index (χ2v) is 28.3. The molecule has 2 fully saturated rings. The molecule has 16 rings (SSSR count). The van der Waals surface area contributed by atoms with Crippen LogP contribution in [0.3, 0.4) is 0 Å². The van der Waals surface area contributed by atoms with E-state index in [1.165, 1.54) is 23.0 Å². The lowest BCUT2D eigenvalue weighted by molar-refractivity contribution is 0.00450. The van der Waals surface area contributed by atoms with Crippen molar-refractivity contribution in [2.24, 2.45) is 4.99 Å². The van der Waals surface area contributed by atoms with Crippen molar-refractivity contribution in [2.75, 3.05) is 16.4 Å². The summed E-state index contributed by atoms with van der Waals surface area (Å²) in [5.74, 6) is 4.38. The zero-order valence-corrected chi connectivity index (χ0v) is 55.2. The molecule has 0 radical (unpaired) electrons. The summed E-state index contributed by atoms with van der Waals surface area (Å²) in [6.45, 7) is 19.5. The quantitative estimate of drug-likeness (QED) is 0.0398. The van der Waals surface area contributed by atoms with E-state index in [2.05, 4.69) is 125 Å². The molecule has 2 aliphatic carbocycles. The average Bonchev–Trinajstić information content (AvgIpc) is 1.60. The van der Waals surface area contributed by atoms with E-state index in [4.69, 9.17) is 22.1 Å². The number of hydrogen-bond donors (Lipinski definition) is 8. The first-order chi connectivity index (χ1) is 44.1. The van der Waals surface area contributed by atoms with Crippen LogP contribution in [-0.4, -0.2) is 106 Å². The van der Waals surface area contributed by atoms with E-state index in [-0.39, 0.29) is 29.7 Å². The smallest absolute Gasteiger partial charge is 0.411 e. The standard InChI is InChI=1S/C23H23N7OS.C13H14N6S.C12H20N4O2.C10H9NO.C6H3ClN2S/c1-23(2)19-15(20(29-28-19)27-21-18-16(8-9-32-18)24-12-25-21)11-30(23)22(31)26-17-10-14(17)13-6-4-3-5-7-13;1-13(2)10-7(5-16-13)11(19-18-10)17-12-9-8(3-4-20-9)14-6-15-12;1-11(2,3)18-10(17)16-6-7-8(12(16,4)5)14-15-9(7)13;12-7-11-10-6-9(10)8-4-2-1-3-5-8;7-6-5-4(1-2-10-5)8-3-9-6/h3-9,12,14,17H,10-11H2,1-2H3,(H,26,31)(H2,24,25,27,28,29);3-4,6,16H,5H2,1-2H3,(H2,14,15,17,18,19);6H2,1-5H3,(H3,13,14,15);1-5,9-10H,6H2;1-3H/t14?,17-;;;9?,10-;/m0..0./s1. The number of rotatable bonds is 8. The maximum Gasteiger partial charge on any atom is 0.411 e. The Kier molecular flexibility index (Phi) is 17.4. The van der Waals surface area contributed by atoms with Gasteiger partial charge in [-0.1, -0.05) is 72.3 Å². The predicted molar refractivity (Wildman–Crippen MR) is 359 cm³/mol. The van der Waals surface area contributed by atoms with Gasteiger partial charge in [0.1, 0.15) is 29.7 Å². The van der Waals surface area contributed by atoms with Gasteiger partial charge in [-0.25, -0.2) is 49.3 Å². The number of urea groups is 1. The SMILES string of the molecule is CC(C)(C)OC(=O)N1Cc2c(N)n[nH]c2C1(C)C.CC1(C)NCc2c(Nc3ncnc4ccsc34)n[nH]c21.CC1(C)c2[nH]nc(Nc3ncnc4ccsc34)c2CN1C(=O)N[C@H]1CC1c1ccccc1.Clc1ncnc2ccsc12.O=C=N[C@H]1CC1c1ccccc1. The fourth-order valence-corrected chi connectivity index (χ4v) is 14.1. The third kappa shape index (κ3) is 13.1. The topological polar surface area (TPSA) is 317 Å². The number of nitrogens with two attached hydrogens (primary N) is 1. The number of fused-ring (bicyclic) bond motifs is 6. The van der Waals surface area contributed by atoms with Crippen LogP contribution in [0.2, 0.25) is 5.15 Å². The highest BCUT2D eigenvalue weighted by molar-refractivity contribution is 7.18. The van der Waals surface area contributed by atoms with E-state index in [0.717, 1.165) is 95.7 Å². The van der Waals surface area contributed by atoms with Gasteiger partial charge in [0.25, 0.3) is 0 Å². The number of amides is 3. The minimum absolute atomic E-state index is 0.0448. The normalized spacial score (nSPS) is 18.8. The zero-order chi connectivity index (χ0) is 64.7. The van der Waals surface area contributed by atoms with Crippen LogP contribution < -0.4 is 27.0 Å². The molecule has 9 aromatic heterocycles. The molecule has 24 nitrogen and oxygen atoms in total. The molecule has 92 heavy (non-hydrogen) atoms. The van der Waals surface area contributed by atoms with E-state index in [9.17, 15) is 14.4 Å². The Morgan fingerprint density at radius 2 is 1.15 bits per heavy atom. The molecule has 2 unspecified atom stereocenters. The summed E-state index contributed by atoms with van der Waals surface area (Å²) < 4.78 is 8.41. The second-order valence-electron chi connectivity index (χ2n) is 25.2. The Hall–Kier alpha value is -9.24. The van der Waals surface area contributed by atoms with E-state index < -0.39 is 16.7 Å². The van der Waals surface area contributed by atoms with Gasteiger partial charge in [-0.05, 0) is 121 Å². The number of aliphatic imine (C=N–C) groups is 1. The monoisotopic (exact) mass is 1310 g/mol. The maximum absolute atomic E-state index is 13.2. The molecule has 9 N–H and O–H groups in total. The van der Waals surface area contributed by atoms with Crippen LogP contribution >= 0.6 is 45.6 Å². The van der Waals surface area contributed by atoms with Gasteiger partial charge in [-0.15, -0.1) is 34.0 Å². The van der Waals surface area contributed by atoms with Crippen LogP contribution in [-0.2, 0) is 45.8 Å². The Morgan fingerprint density at radius 3 is 1.73 bits per heavy atom. The number of carbonyl (C=O) groups excluding carboxylic acids is 3. The molecular formula is C64H69ClN20O4S3. The van der Waals surface area contributed by atoms with Crippen molar-refractivity contribution < 1.29 is 19.1 Å². The Balaban J connectivity index is 0.000000118. The highest BCUT2D eigenvalue weighted by atomic mass is 35.5. The van der Waals surface area contributed by atoms with E-state index >= 15 is 0 Å². The first-order valence-corrected chi connectivity index (χ1v) is 32.8. The molecule has 2 aromatic carbocycles. The number of ether oxygens (including phenoxy) is 1. The number of halogens is 1. The second kappa shape index (κ2) is 25.4. The van der Waals surface area contributed by atoms with Crippen LogP contribution in [0.5, 0.6) is 0 Å². The van der Waals surface area contributed by atoms with Crippen molar-refractivity contribution in [3.8, 4) is 0 Å². The summed E-state index contributed by atoms with van der Waals surface area (Å²) in [6.07, 6.45) is 7.84. The lowest BCUT2D eigenvalue weighted by Crippen LogP contribution is -2.47. The number of nitrogens with one attached hydrogen (secondary N) is 7. The van der Waals surface area contributed by atoms with E-state index in [1.807, 2.05) is 124 Å². The summed E-state index contributed by atoms with van der Waals surface area (Å²) in [5.41, 5.74) is 15.6. The summed E-state index contributed by atoms with van der Waals surface area (Å²) in [6, 6.07) is 26.8. The molecule has 3 aliphatic heterocycles. The van der Waals surface area contributed by atoms with Crippen molar-refractivity contribution in [1.29, 1.82) is 0 Å². The zero-order valence-electron chi connectivity index (χ0n) is 52.0. The molecule has 0 bridgehead atoms. The third-order valence-electron chi connectivity index (χ3n) is 16.7. The van der Waals surface area contributed by atoms with Crippen LogP contribution in [0.25, 0.3) is 30.6 Å². The number of carbonyl (C=O) groups is 2. The molecule has 11 aromatic rings. The van der Waals surface area contributed by atoms with Gasteiger partial charge < -0.3 is 36.6 Å². The van der Waals surface area contributed by atoms with Gasteiger partial charge in [0.2, 0.25) is 6.08 Å². The number of aromatic amines is 3. The first kappa shape index (κ1) is 62.9. The molecule has 5 aliphatic rings. The third-order valence-corrected chi connectivity index (χ3v) is 19.8. The van der Waals surface area contributed by atoms with Gasteiger partial charge in [-0.2, -0.15) is 15.3 Å². The lowest BCUT2D eigenvalue weighted by Gasteiger charge is -2.33. The molecular weight excluding hydrogens is 1240 g/mol. The fourth-order valence-electron chi connectivity index (χ4n) is 11.5. The van der Waals surface area contributed by atoms with E-state index in [1.54, 1.807) is 57.6 Å². The van der Waals surface area contributed by atoms with Crippen molar-refractivity contribution in [2.45, 2.75) is 141 Å². The van der Waals surface area contributed by atoms with Crippen LogP contribution in [0.15, 0.2) is 119 Å². The average molecular weight is 1310 g/mol. The van der Waals surface area contributed by atoms with Crippen LogP contribution in [0.4, 0.5) is 38.7 Å². The molecule has 0 saturated heterocycles. The van der Waals surface area contributed by atoms with Gasteiger partial charge >= 0.3 is 12.1 Å². The number of nitrogens with zero attached hydrogens (tertiary/aromatic N) is 12. The van der Waals surface area contributed by atoms with Crippen LogP contribution in [0.1, 0.15) is 132 Å². The predicted octanol–water partition coefficient (Wildman–Crippen LogP) is 13.2. The summed E-state index contributed by atoms with van der Waals surface area (Å²) in [4.78, 5) is 67.7. The molecule has 12 heterocycles. The van der Waals surface area contributed by atoms with Gasteiger partial charge in [-0.3, -0.25) is 20.2 Å². The van der Waals surface area contributed by atoms with E-state index in [0.29, 0.717) is 41.7 Å². The maximum atomic E-state index is 13.2. The molecule has 474 valence electrons. The summed E-state index contributed by atoms with van der Waals surface area (Å²) >= 11 is 10.5. The number of anilines is 5. The fraction of sp³-hybridized carbons (Fsp3) is 0.344. The number of hydrogen-bond acceptors (Lipinski definition) is 21.